The Morgan fingerprint density at radius 2 is 1.83 bits per heavy atom. The topological polar surface area (TPSA) is 154 Å². The maximum absolute atomic E-state index is 9.59. The Kier molecular flexibility index (Phi) is 11.4. The molecule has 0 aliphatic carbocycles. The van der Waals surface area contributed by atoms with Crippen molar-refractivity contribution in [3.05, 3.63) is 30.6 Å². The number of aliphatic hydroxyl groups is 1. The van der Waals surface area contributed by atoms with Crippen LogP contribution in [0.25, 0.3) is 0 Å². The minimum Gasteiger partial charge on any atom is -0.483 e. The first kappa shape index (κ1) is 23.8. The van der Waals surface area contributed by atoms with Crippen molar-refractivity contribution in [2.75, 3.05) is 29.9 Å². The van der Waals surface area contributed by atoms with E-state index in [9.17, 15) is 5.11 Å². The largest absolute Gasteiger partial charge is 0.483 e. The monoisotopic (exact) mass is 408 g/mol. The SMILES string of the molecule is Cc1nccn1CCCNc1cc(N2CCC(O)CC2)ncn1.O=CO.O=CO. The van der Waals surface area contributed by atoms with Crippen molar-refractivity contribution >= 4 is 24.6 Å². The Balaban J connectivity index is 0.000000626. The molecule has 2 aromatic heterocycles. The number of nitrogens with zero attached hydrogens (tertiary/aromatic N) is 5. The Morgan fingerprint density at radius 1 is 1.17 bits per heavy atom. The number of anilines is 2. The lowest BCUT2D eigenvalue weighted by molar-refractivity contribution is -0.123. The second kappa shape index (κ2) is 13.9. The molecular formula is C18H28N6O5. The van der Waals surface area contributed by atoms with Crippen molar-refractivity contribution in [2.24, 2.45) is 0 Å². The summed E-state index contributed by atoms with van der Waals surface area (Å²) in [5, 5.41) is 26.7. The molecule has 1 fully saturated rings. The number of carbonyl (C=O) groups is 2. The van der Waals surface area contributed by atoms with Gasteiger partial charge in [0.25, 0.3) is 12.9 Å². The molecule has 1 aliphatic heterocycles. The van der Waals surface area contributed by atoms with Crippen molar-refractivity contribution in [3.63, 3.8) is 0 Å². The van der Waals surface area contributed by atoms with Crippen LogP contribution < -0.4 is 10.2 Å². The molecule has 0 saturated carbocycles. The number of piperidine rings is 1. The van der Waals surface area contributed by atoms with E-state index in [-0.39, 0.29) is 19.0 Å². The standard InChI is InChI=1S/C16H24N6O.2CH2O2/c1-13-17-6-10-21(13)7-2-5-18-15-11-16(20-12-19-15)22-8-3-14(23)4-9-22;2*2-1-3/h6,10-12,14,23H,2-5,7-9H2,1H3,(H,18,19,20);2*1H,(H,2,3). The first-order valence-electron chi connectivity index (χ1n) is 9.18. The number of aromatic nitrogens is 4. The maximum Gasteiger partial charge on any atom is 0.290 e. The molecule has 2 aromatic rings. The molecule has 11 nitrogen and oxygen atoms in total. The van der Waals surface area contributed by atoms with Crippen molar-refractivity contribution in [1.29, 1.82) is 0 Å². The van der Waals surface area contributed by atoms with Gasteiger partial charge in [-0.15, -0.1) is 0 Å². The lowest BCUT2D eigenvalue weighted by atomic mass is 10.1. The van der Waals surface area contributed by atoms with Gasteiger partial charge in [-0.05, 0) is 26.2 Å². The summed E-state index contributed by atoms with van der Waals surface area (Å²) in [7, 11) is 0. The van der Waals surface area contributed by atoms with E-state index >= 15 is 0 Å². The van der Waals surface area contributed by atoms with Gasteiger partial charge in [0.1, 0.15) is 23.8 Å². The zero-order valence-electron chi connectivity index (χ0n) is 16.4. The van der Waals surface area contributed by atoms with E-state index in [0.29, 0.717) is 0 Å². The van der Waals surface area contributed by atoms with Crippen LogP contribution in [-0.4, -0.2) is 73.5 Å². The summed E-state index contributed by atoms with van der Waals surface area (Å²) in [6, 6.07) is 1.99. The number of aryl methyl sites for hydroxylation is 2. The summed E-state index contributed by atoms with van der Waals surface area (Å²) >= 11 is 0. The number of rotatable bonds is 6. The second-order valence-corrected chi connectivity index (χ2v) is 6.14. The Morgan fingerprint density at radius 3 is 2.41 bits per heavy atom. The number of hydrogen-bond acceptors (Lipinski definition) is 8. The fourth-order valence-electron chi connectivity index (χ4n) is 2.82. The van der Waals surface area contributed by atoms with Gasteiger partial charge in [-0.3, -0.25) is 9.59 Å². The third-order valence-corrected chi connectivity index (χ3v) is 4.25. The van der Waals surface area contributed by atoms with Gasteiger partial charge < -0.3 is 30.1 Å². The van der Waals surface area contributed by atoms with Gasteiger partial charge in [-0.2, -0.15) is 0 Å². The fourth-order valence-corrected chi connectivity index (χ4v) is 2.82. The van der Waals surface area contributed by atoms with E-state index in [1.165, 1.54) is 0 Å². The van der Waals surface area contributed by atoms with Crippen molar-refractivity contribution in [3.8, 4) is 0 Å². The predicted octanol–water partition coefficient (Wildman–Crippen LogP) is 0.846. The average molecular weight is 408 g/mol. The number of hydrogen-bond donors (Lipinski definition) is 4. The zero-order valence-corrected chi connectivity index (χ0v) is 16.4. The average Bonchev–Trinajstić information content (AvgIpc) is 3.12. The summed E-state index contributed by atoms with van der Waals surface area (Å²) in [6.07, 6.45) is 7.87. The molecule has 0 atom stereocenters. The molecule has 29 heavy (non-hydrogen) atoms. The maximum atomic E-state index is 9.59. The third-order valence-electron chi connectivity index (χ3n) is 4.25. The quantitative estimate of drug-likeness (QED) is 0.399. The van der Waals surface area contributed by atoms with Crippen LogP contribution in [0.2, 0.25) is 0 Å². The lowest BCUT2D eigenvalue weighted by Gasteiger charge is -2.30. The van der Waals surface area contributed by atoms with E-state index in [0.717, 1.165) is 62.9 Å². The zero-order chi connectivity index (χ0) is 21.5. The molecule has 3 heterocycles. The summed E-state index contributed by atoms with van der Waals surface area (Å²) in [5.41, 5.74) is 0. The highest BCUT2D eigenvalue weighted by Crippen LogP contribution is 2.19. The molecule has 4 N–H and O–H groups in total. The number of nitrogens with one attached hydrogen (secondary N) is 1. The molecular weight excluding hydrogens is 380 g/mol. The van der Waals surface area contributed by atoms with Gasteiger partial charge in [0.15, 0.2) is 0 Å². The first-order chi connectivity index (χ1) is 14.0. The second-order valence-electron chi connectivity index (χ2n) is 6.14. The Bertz CT molecular complexity index is 712. The minimum atomic E-state index is -0.250. The molecule has 0 spiro atoms. The van der Waals surface area contributed by atoms with Crippen LogP contribution in [0.3, 0.4) is 0 Å². The van der Waals surface area contributed by atoms with E-state index < -0.39 is 0 Å². The van der Waals surface area contributed by atoms with Crippen LogP contribution >= 0.6 is 0 Å². The van der Waals surface area contributed by atoms with E-state index in [1.807, 2.05) is 25.4 Å². The molecule has 160 valence electrons. The smallest absolute Gasteiger partial charge is 0.290 e. The van der Waals surface area contributed by atoms with Crippen LogP contribution in [0.5, 0.6) is 0 Å². The van der Waals surface area contributed by atoms with Gasteiger partial charge in [-0.25, -0.2) is 15.0 Å². The minimum absolute atomic E-state index is 0.169. The fraction of sp³-hybridized carbons (Fsp3) is 0.500. The number of imidazole rings is 1. The highest BCUT2D eigenvalue weighted by Gasteiger charge is 2.18. The predicted molar refractivity (Wildman–Crippen MR) is 107 cm³/mol. The van der Waals surface area contributed by atoms with Gasteiger partial charge in [0.2, 0.25) is 0 Å². The Hall–Kier alpha value is -3.21. The van der Waals surface area contributed by atoms with Crippen molar-refractivity contribution < 1.29 is 24.9 Å². The summed E-state index contributed by atoms with van der Waals surface area (Å²) in [5.74, 6) is 2.82. The molecule has 0 bridgehead atoms. The molecule has 0 aromatic carbocycles. The molecule has 0 amide bonds. The van der Waals surface area contributed by atoms with Crippen LogP contribution in [0.15, 0.2) is 24.8 Å². The van der Waals surface area contributed by atoms with E-state index in [4.69, 9.17) is 19.8 Å². The lowest BCUT2D eigenvalue weighted by Crippen LogP contribution is -2.36. The summed E-state index contributed by atoms with van der Waals surface area (Å²) in [4.78, 5) is 31.8. The highest BCUT2D eigenvalue weighted by atomic mass is 16.3. The first-order valence-corrected chi connectivity index (χ1v) is 9.18. The summed E-state index contributed by atoms with van der Waals surface area (Å²) < 4.78 is 2.14. The van der Waals surface area contributed by atoms with Gasteiger partial charge in [0.05, 0.1) is 6.10 Å². The van der Waals surface area contributed by atoms with E-state index in [1.54, 1.807) is 6.33 Å². The van der Waals surface area contributed by atoms with Gasteiger partial charge in [0, 0.05) is 44.6 Å². The Labute approximate surface area is 169 Å². The van der Waals surface area contributed by atoms with Crippen molar-refractivity contribution in [2.45, 2.75) is 38.8 Å². The van der Waals surface area contributed by atoms with Crippen molar-refractivity contribution in [1.82, 2.24) is 19.5 Å². The van der Waals surface area contributed by atoms with E-state index in [2.05, 4.69) is 29.7 Å². The molecule has 0 radical (unpaired) electrons. The van der Waals surface area contributed by atoms with Gasteiger partial charge in [-0.1, -0.05) is 0 Å². The van der Waals surface area contributed by atoms with Crippen LogP contribution in [0.1, 0.15) is 25.1 Å². The number of carboxylic acid groups (broad SMARTS) is 2. The number of aliphatic hydroxyl groups excluding tert-OH is 1. The van der Waals surface area contributed by atoms with Crippen LogP contribution in [-0.2, 0) is 16.1 Å². The molecule has 0 unspecified atom stereocenters. The van der Waals surface area contributed by atoms with Crippen LogP contribution in [0.4, 0.5) is 11.6 Å². The normalized spacial score (nSPS) is 13.4. The molecule has 3 rings (SSSR count). The molecule has 11 heteroatoms. The third kappa shape index (κ3) is 9.02. The summed E-state index contributed by atoms with van der Waals surface area (Å²) in [6.45, 7) is 5.00. The van der Waals surface area contributed by atoms with Crippen LogP contribution in [0, 0.1) is 6.92 Å². The van der Waals surface area contributed by atoms with Gasteiger partial charge >= 0.3 is 0 Å². The molecule has 1 saturated heterocycles. The molecule has 1 aliphatic rings. The highest BCUT2D eigenvalue weighted by molar-refractivity contribution is 5.48.